The first kappa shape index (κ1) is 15.4. The molecule has 22 heavy (non-hydrogen) atoms. The Morgan fingerprint density at radius 3 is 2.59 bits per heavy atom. The molecule has 0 saturated carbocycles. The molecule has 3 rings (SSSR count). The maximum atomic E-state index is 6.45. The number of nitrogens with zero attached hydrogens (tertiary/aromatic N) is 1. The van der Waals surface area contributed by atoms with Crippen molar-refractivity contribution in [2.45, 2.75) is 31.3 Å². The molecule has 1 aromatic rings. The number of fused-ring (bicyclic) bond motifs is 1. The first-order valence-corrected chi connectivity index (χ1v) is 8.06. The van der Waals surface area contributed by atoms with E-state index in [1.54, 1.807) is 14.2 Å². The molecule has 2 heterocycles. The van der Waals surface area contributed by atoms with Crippen molar-refractivity contribution < 1.29 is 14.2 Å². The summed E-state index contributed by atoms with van der Waals surface area (Å²) >= 11 is 0. The highest BCUT2D eigenvalue weighted by Crippen LogP contribution is 2.44. The van der Waals surface area contributed by atoms with Gasteiger partial charge in [-0.05, 0) is 25.7 Å². The summed E-state index contributed by atoms with van der Waals surface area (Å²) in [5.41, 5.74) is 6.79. The summed E-state index contributed by atoms with van der Waals surface area (Å²) in [5, 5.41) is 0. The Balaban J connectivity index is 1.79. The SMILES string of the molecule is COc1cc(OC)c2c(c1)OC1(CC2)CCN(CCN)CC1. The number of ether oxygens (including phenoxy) is 3. The van der Waals surface area contributed by atoms with Crippen molar-refractivity contribution in [2.24, 2.45) is 5.73 Å². The van der Waals surface area contributed by atoms with E-state index in [-0.39, 0.29) is 5.60 Å². The Kier molecular flexibility index (Phi) is 4.45. The summed E-state index contributed by atoms with van der Waals surface area (Å²) in [5.74, 6) is 2.58. The summed E-state index contributed by atoms with van der Waals surface area (Å²) in [4.78, 5) is 2.43. The van der Waals surface area contributed by atoms with Crippen LogP contribution in [0.3, 0.4) is 0 Å². The van der Waals surface area contributed by atoms with Crippen LogP contribution in [-0.4, -0.2) is 50.9 Å². The number of hydrogen-bond donors (Lipinski definition) is 1. The first-order valence-electron chi connectivity index (χ1n) is 8.06. The second-order valence-corrected chi connectivity index (χ2v) is 6.22. The molecule has 1 aromatic carbocycles. The van der Waals surface area contributed by atoms with E-state index in [0.717, 1.165) is 69.1 Å². The average Bonchev–Trinajstić information content (AvgIpc) is 2.56. The number of rotatable bonds is 4. The standard InChI is InChI=1S/C17H26N2O3/c1-20-13-11-15(21-2)14-3-4-17(22-16(14)12-13)5-8-19(9-6-17)10-7-18/h11-12H,3-10,18H2,1-2H3. The number of methoxy groups -OCH3 is 2. The predicted octanol–water partition coefficient (Wildman–Crippen LogP) is 1.82. The Hall–Kier alpha value is -1.46. The quantitative estimate of drug-likeness (QED) is 0.919. The van der Waals surface area contributed by atoms with Gasteiger partial charge in [-0.25, -0.2) is 0 Å². The van der Waals surface area contributed by atoms with E-state index in [1.807, 2.05) is 12.1 Å². The lowest BCUT2D eigenvalue weighted by molar-refractivity contribution is -0.0143. The van der Waals surface area contributed by atoms with Gasteiger partial charge in [0, 0.05) is 43.9 Å². The molecule has 2 aliphatic rings. The van der Waals surface area contributed by atoms with Gasteiger partial charge in [0.15, 0.2) is 0 Å². The topological polar surface area (TPSA) is 57.0 Å². The molecule has 2 N–H and O–H groups in total. The third-order valence-electron chi connectivity index (χ3n) is 4.97. The highest BCUT2D eigenvalue weighted by molar-refractivity contribution is 5.52. The number of piperidine rings is 1. The highest BCUT2D eigenvalue weighted by Gasteiger charge is 2.40. The van der Waals surface area contributed by atoms with Crippen LogP contribution in [-0.2, 0) is 6.42 Å². The highest BCUT2D eigenvalue weighted by atomic mass is 16.5. The molecule has 5 heteroatoms. The number of hydrogen-bond acceptors (Lipinski definition) is 5. The summed E-state index contributed by atoms with van der Waals surface area (Å²) in [6.07, 6.45) is 4.18. The molecule has 1 fully saturated rings. The largest absolute Gasteiger partial charge is 0.496 e. The molecule has 1 saturated heterocycles. The zero-order chi connectivity index (χ0) is 15.6. The smallest absolute Gasteiger partial charge is 0.130 e. The maximum absolute atomic E-state index is 6.45. The van der Waals surface area contributed by atoms with Crippen molar-refractivity contribution in [1.82, 2.24) is 4.90 Å². The summed E-state index contributed by atoms with van der Waals surface area (Å²) in [7, 11) is 3.37. The molecule has 0 unspecified atom stereocenters. The van der Waals surface area contributed by atoms with Gasteiger partial charge in [-0.2, -0.15) is 0 Å². The van der Waals surface area contributed by atoms with Gasteiger partial charge < -0.3 is 24.8 Å². The van der Waals surface area contributed by atoms with E-state index in [9.17, 15) is 0 Å². The minimum atomic E-state index is -0.0323. The molecule has 0 radical (unpaired) electrons. The Labute approximate surface area is 132 Å². The minimum absolute atomic E-state index is 0.0323. The Morgan fingerprint density at radius 2 is 1.95 bits per heavy atom. The minimum Gasteiger partial charge on any atom is -0.496 e. The lowest BCUT2D eigenvalue weighted by Gasteiger charge is -2.44. The van der Waals surface area contributed by atoms with Crippen LogP contribution in [0.5, 0.6) is 17.2 Å². The molecule has 122 valence electrons. The molecule has 0 amide bonds. The molecule has 2 aliphatic heterocycles. The maximum Gasteiger partial charge on any atom is 0.130 e. The number of likely N-dealkylation sites (tertiary alicyclic amines) is 1. The summed E-state index contributed by atoms with van der Waals surface area (Å²) in [6.45, 7) is 3.83. The molecule has 0 aliphatic carbocycles. The average molecular weight is 306 g/mol. The van der Waals surface area contributed by atoms with Crippen LogP contribution in [0.15, 0.2) is 12.1 Å². The number of benzene rings is 1. The zero-order valence-electron chi connectivity index (χ0n) is 13.6. The van der Waals surface area contributed by atoms with Crippen molar-refractivity contribution in [2.75, 3.05) is 40.4 Å². The third-order valence-corrected chi connectivity index (χ3v) is 4.97. The second-order valence-electron chi connectivity index (χ2n) is 6.22. The fourth-order valence-electron chi connectivity index (χ4n) is 3.59. The van der Waals surface area contributed by atoms with Gasteiger partial charge in [-0.15, -0.1) is 0 Å². The Morgan fingerprint density at radius 1 is 1.18 bits per heavy atom. The molecule has 0 atom stereocenters. The fraction of sp³-hybridized carbons (Fsp3) is 0.647. The lowest BCUT2D eigenvalue weighted by Crippen LogP contribution is -2.50. The second kappa shape index (κ2) is 6.34. The van der Waals surface area contributed by atoms with Crippen molar-refractivity contribution in [3.8, 4) is 17.2 Å². The van der Waals surface area contributed by atoms with Gasteiger partial charge in [0.2, 0.25) is 0 Å². The van der Waals surface area contributed by atoms with Gasteiger partial charge in [0.25, 0.3) is 0 Å². The van der Waals surface area contributed by atoms with E-state index in [1.165, 1.54) is 5.56 Å². The van der Waals surface area contributed by atoms with E-state index in [2.05, 4.69) is 4.90 Å². The third kappa shape index (κ3) is 2.88. The fourth-order valence-corrected chi connectivity index (χ4v) is 3.59. The van der Waals surface area contributed by atoms with E-state index in [0.29, 0.717) is 0 Å². The molecular formula is C17H26N2O3. The predicted molar refractivity (Wildman–Crippen MR) is 86.0 cm³/mol. The molecule has 0 aromatic heterocycles. The van der Waals surface area contributed by atoms with E-state index in [4.69, 9.17) is 19.9 Å². The van der Waals surface area contributed by atoms with Gasteiger partial charge in [-0.3, -0.25) is 0 Å². The summed E-state index contributed by atoms with van der Waals surface area (Å²) in [6, 6.07) is 3.93. The van der Waals surface area contributed by atoms with Crippen LogP contribution in [0.25, 0.3) is 0 Å². The van der Waals surface area contributed by atoms with Crippen LogP contribution in [0.1, 0.15) is 24.8 Å². The Bertz CT molecular complexity index is 525. The van der Waals surface area contributed by atoms with E-state index >= 15 is 0 Å². The van der Waals surface area contributed by atoms with Crippen LogP contribution >= 0.6 is 0 Å². The van der Waals surface area contributed by atoms with Crippen molar-refractivity contribution >= 4 is 0 Å². The molecule has 1 spiro atoms. The summed E-state index contributed by atoms with van der Waals surface area (Å²) < 4.78 is 17.3. The molecule has 0 bridgehead atoms. The normalized spacial score (nSPS) is 20.3. The van der Waals surface area contributed by atoms with Gasteiger partial charge in [0.1, 0.15) is 22.8 Å². The molecular weight excluding hydrogens is 280 g/mol. The van der Waals surface area contributed by atoms with Crippen molar-refractivity contribution in [1.29, 1.82) is 0 Å². The van der Waals surface area contributed by atoms with Crippen LogP contribution in [0.4, 0.5) is 0 Å². The molecule has 5 nitrogen and oxygen atoms in total. The van der Waals surface area contributed by atoms with Crippen LogP contribution < -0.4 is 19.9 Å². The van der Waals surface area contributed by atoms with Gasteiger partial charge >= 0.3 is 0 Å². The first-order chi connectivity index (χ1) is 10.7. The van der Waals surface area contributed by atoms with Crippen molar-refractivity contribution in [3.63, 3.8) is 0 Å². The monoisotopic (exact) mass is 306 g/mol. The van der Waals surface area contributed by atoms with E-state index < -0.39 is 0 Å². The van der Waals surface area contributed by atoms with Crippen LogP contribution in [0.2, 0.25) is 0 Å². The lowest BCUT2D eigenvalue weighted by atomic mass is 9.83. The van der Waals surface area contributed by atoms with Crippen LogP contribution in [0, 0.1) is 0 Å². The van der Waals surface area contributed by atoms with Gasteiger partial charge in [0.05, 0.1) is 14.2 Å². The van der Waals surface area contributed by atoms with Gasteiger partial charge in [-0.1, -0.05) is 0 Å². The van der Waals surface area contributed by atoms with Crippen molar-refractivity contribution in [3.05, 3.63) is 17.7 Å². The number of nitrogens with two attached hydrogens (primary N) is 1. The zero-order valence-corrected chi connectivity index (χ0v) is 13.6.